The molecule has 0 unspecified atom stereocenters. The van der Waals surface area contributed by atoms with Crippen LogP contribution in [0.1, 0.15) is 46.1 Å². The number of likely N-dealkylation sites (tertiary alicyclic amines) is 1. The fraction of sp³-hybridized carbons (Fsp3) is 0.562. The van der Waals surface area contributed by atoms with Crippen LogP contribution in [0.2, 0.25) is 5.02 Å². The van der Waals surface area contributed by atoms with Gasteiger partial charge in [-0.1, -0.05) is 23.7 Å². The number of carbonyl (C=O) groups excluding carboxylic acids is 1. The van der Waals surface area contributed by atoms with Crippen LogP contribution in [-0.2, 0) is 11.3 Å². The zero-order valence-corrected chi connectivity index (χ0v) is 12.9. The number of benzene rings is 1. The second-order valence-corrected chi connectivity index (χ2v) is 7.17. The number of halogens is 1. The molecular formula is C16H22ClNO. The minimum atomic E-state index is -0.0987. The van der Waals surface area contributed by atoms with Gasteiger partial charge in [0.1, 0.15) is 5.78 Å². The summed E-state index contributed by atoms with van der Waals surface area (Å²) < 4.78 is 0. The van der Waals surface area contributed by atoms with Gasteiger partial charge in [0, 0.05) is 35.5 Å². The first-order chi connectivity index (χ1) is 8.71. The van der Waals surface area contributed by atoms with Crippen molar-refractivity contribution in [1.29, 1.82) is 0 Å². The third kappa shape index (κ3) is 3.18. The summed E-state index contributed by atoms with van der Waals surface area (Å²) in [6.45, 7) is 9.47. The fourth-order valence-electron chi connectivity index (χ4n) is 3.24. The Kier molecular flexibility index (Phi) is 3.76. The molecule has 0 saturated carbocycles. The summed E-state index contributed by atoms with van der Waals surface area (Å²) in [4.78, 5) is 14.3. The summed E-state index contributed by atoms with van der Waals surface area (Å²) in [7, 11) is 0. The van der Waals surface area contributed by atoms with E-state index in [4.69, 9.17) is 11.6 Å². The Morgan fingerprint density at radius 2 is 1.53 bits per heavy atom. The predicted octanol–water partition coefficient (Wildman–Crippen LogP) is 4.06. The minimum absolute atomic E-state index is 0.0987. The Labute approximate surface area is 120 Å². The van der Waals surface area contributed by atoms with Crippen LogP contribution in [0.15, 0.2) is 24.3 Å². The van der Waals surface area contributed by atoms with Crippen molar-refractivity contribution in [2.75, 3.05) is 0 Å². The van der Waals surface area contributed by atoms with E-state index in [1.54, 1.807) is 0 Å². The van der Waals surface area contributed by atoms with Crippen LogP contribution < -0.4 is 0 Å². The summed E-state index contributed by atoms with van der Waals surface area (Å²) in [5.74, 6) is 0.363. The molecule has 0 radical (unpaired) electrons. The summed E-state index contributed by atoms with van der Waals surface area (Å²) in [5, 5.41) is 0.760. The second-order valence-electron chi connectivity index (χ2n) is 6.73. The highest BCUT2D eigenvalue weighted by Crippen LogP contribution is 2.37. The largest absolute Gasteiger partial charge is 0.300 e. The maximum Gasteiger partial charge on any atom is 0.136 e. The van der Waals surface area contributed by atoms with Crippen LogP contribution in [0.25, 0.3) is 0 Å². The van der Waals surface area contributed by atoms with E-state index in [0.29, 0.717) is 18.6 Å². The number of nitrogens with zero attached hydrogens (tertiary/aromatic N) is 1. The summed E-state index contributed by atoms with van der Waals surface area (Å²) in [5.41, 5.74) is 1.04. The average molecular weight is 280 g/mol. The predicted molar refractivity (Wildman–Crippen MR) is 79.4 cm³/mol. The van der Waals surface area contributed by atoms with Gasteiger partial charge >= 0.3 is 0 Å². The van der Waals surface area contributed by atoms with Crippen molar-refractivity contribution in [2.24, 2.45) is 0 Å². The smallest absolute Gasteiger partial charge is 0.136 e. The average Bonchev–Trinajstić information content (AvgIpc) is 2.24. The lowest BCUT2D eigenvalue weighted by Gasteiger charge is -2.52. The lowest BCUT2D eigenvalue weighted by molar-refractivity contribution is -0.134. The zero-order valence-electron chi connectivity index (χ0n) is 12.2. The van der Waals surface area contributed by atoms with Crippen molar-refractivity contribution >= 4 is 17.4 Å². The lowest BCUT2D eigenvalue weighted by Crippen LogP contribution is -2.60. The van der Waals surface area contributed by atoms with Crippen molar-refractivity contribution in [2.45, 2.75) is 58.2 Å². The first-order valence-corrected chi connectivity index (χ1v) is 7.12. The molecule has 2 nitrogen and oxygen atoms in total. The summed E-state index contributed by atoms with van der Waals surface area (Å²) in [6.07, 6.45) is 1.26. The third-order valence-corrected chi connectivity index (χ3v) is 4.23. The van der Waals surface area contributed by atoms with Gasteiger partial charge in [0.15, 0.2) is 0 Å². The van der Waals surface area contributed by atoms with Crippen molar-refractivity contribution in [3.63, 3.8) is 0 Å². The molecule has 0 atom stereocenters. The molecule has 3 heteroatoms. The molecule has 1 saturated heterocycles. The SMILES string of the molecule is CC1(C)CC(=O)CC(C)(C)N1Cc1ccc(Cl)cc1. The second kappa shape index (κ2) is 4.92. The molecule has 0 bridgehead atoms. The molecule has 0 amide bonds. The van der Waals surface area contributed by atoms with Crippen LogP contribution in [-0.4, -0.2) is 21.8 Å². The van der Waals surface area contributed by atoms with Crippen molar-refractivity contribution < 1.29 is 4.79 Å². The van der Waals surface area contributed by atoms with E-state index in [9.17, 15) is 4.79 Å². The highest BCUT2D eigenvalue weighted by atomic mass is 35.5. The van der Waals surface area contributed by atoms with Crippen molar-refractivity contribution in [3.05, 3.63) is 34.9 Å². The van der Waals surface area contributed by atoms with Crippen molar-refractivity contribution in [3.8, 4) is 0 Å². The first kappa shape index (κ1) is 14.5. The van der Waals surface area contributed by atoms with Gasteiger partial charge in [-0.15, -0.1) is 0 Å². The van der Waals surface area contributed by atoms with Gasteiger partial charge in [0.2, 0.25) is 0 Å². The Hall–Kier alpha value is -0.860. The topological polar surface area (TPSA) is 20.3 Å². The molecule has 1 aromatic carbocycles. The molecule has 0 aromatic heterocycles. The molecule has 0 N–H and O–H groups in total. The monoisotopic (exact) mass is 279 g/mol. The Balaban J connectivity index is 2.25. The zero-order chi connectivity index (χ0) is 14.3. The van der Waals surface area contributed by atoms with Gasteiger partial charge in [-0.2, -0.15) is 0 Å². The normalized spacial score (nSPS) is 22.5. The van der Waals surface area contributed by atoms with Crippen LogP contribution in [0.3, 0.4) is 0 Å². The number of piperidine rings is 1. The highest BCUT2D eigenvalue weighted by molar-refractivity contribution is 6.30. The third-order valence-electron chi connectivity index (χ3n) is 3.97. The molecule has 1 aromatic rings. The molecule has 1 aliphatic heterocycles. The Bertz CT molecular complexity index is 456. The number of hydrogen-bond acceptors (Lipinski definition) is 2. The summed E-state index contributed by atoms with van der Waals surface area (Å²) >= 11 is 5.93. The van der Waals surface area contributed by atoms with Gasteiger partial charge < -0.3 is 0 Å². The molecule has 1 aliphatic rings. The molecule has 1 heterocycles. The molecule has 19 heavy (non-hydrogen) atoms. The maximum absolute atomic E-state index is 11.9. The fourth-order valence-corrected chi connectivity index (χ4v) is 3.36. The van der Waals surface area contributed by atoms with Crippen LogP contribution in [0, 0.1) is 0 Å². The Morgan fingerprint density at radius 1 is 1.05 bits per heavy atom. The van der Waals surface area contributed by atoms with E-state index in [0.717, 1.165) is 11.6 Å². The number of hydrogen-bond donors (Lipinski definition) is 0. The van der Waals surface area contributed by atoms with E-state index in [1.807, 2.05) is 12.1 Å². The first-order valence-electron chi connectivity index (χ1n) is 6.75. The molecule has 0 aliphatic carbocycles. The van der Waals surface area contributed by atoms with E-state index >= 15 is 0 Å². The van der Waals surface area contributed by atoms with E-state index in [-0.39, 0.29) is 11.1 Å². The lowest BCUT2D eigenvalue weighted by atomic mass is 9.78. The number of carbonyl (C=O) groups is 1. The molecule has 0 spiro atoms. The number of ketones is 1. The van der Waals surface area contributed by atoms with E-state index in [1.165, 1.54) is 5.56 Å². The Morgan fingerprint density at radius 3 is 2.00 bits per heavy atom. The van der Waals surface area contributed by atoms with Crippen molar-refractivity contribution in [1.82, 2.24) is 4.90 Å². The van der Waals surface area contributed by atoms with Gasteiger partial charge in [-0.3, -0.25) is 9.69 Å². The van der Waals surface area contributed by atoms with Gasteiger partial charge in [-0.05, 0) is 45.4 Å². The summed E-state index contributed by atoms with van der Waals surface area (Å²) in [6, 6.07) is 7.97. The van der Waals surface area contributed by atoms with Crippen LogP contribution >= 0.6 is 11.6 Å². The van der Waals surface area contributed by atoms with Crippen LogP contribution in [0.5, 0.6) is 0 Å². The van der Waals surface area contributed by atoms with Gasteiger partial charge in [0.25, 0.3) is 0 Å². The van der Waals surface area contributed by atoms with Gasteiger partial charge in [0.05, 0.1) is 0 Å². The number of rotatable bonds is 2. The molecule has 104 valence electrons. The van der Waals surface area contributed by atoms with E-state index < -0.39 is 0 Å². The van der Waals surface area contributed by atoms with Crippen LogP contribution in [0.4, 0.5) is 0 Å². The quantitative estimate of drug-likeness (QED) is 0.814. The number of Topliss-reactive ketones (excluding diaryl/α,β-unsaturated/α-hetero) is 1. The molecular weight excluding hydrogens is 258 g/mol. The van der Waals surface area contributed by atoms with Gasteiger partial charge in [-0.25, -0.2) is 0 Å². The maximum atomic E-state index is 11.9. The molecule has 2 rings (SSSR count). The standard InChI is InChI=1S/C16H22ClNO/c1-15(2)9-14(19)10-16(3,4)18(15)11-12-5-7-13(17)8-6-12/h5-8H,9-11H2,1-4H3. The highest BCUT2D eigenvalue weighted by Gasteiger charge is 2.44. The van der Waals surface area contributed by atoms with E-state index in [2.05, 4.69) is 44.7 Å². The molecule has 1 fully saturated rings. The minimum Gasteiger partial charge on any atom is -0.300 e.